The molecule has 0 aromatic heterocycles. The minimum Gasteiger partial charge on any atom is -0.457 e. The van der Waals surface area contributed by atoms with Crippen molar-refractivity contribution in [1.29, 1.82) is 0 Å². The van der Waals surface area contributed by atoms with E-state index in [1.54, 1.807) is 0 Å². The first-order chi connectivity index (χ1) is 8.99. The summed E-state index contributed by atoms with van der Waals surface area (Å²) in [5.41, 5.74) is -0.300. The van der Waals surface area contributed by atoms with Crippen molar-refractivity contribution >= 4 is 6.29 Å². The molecule has 2 aromatic rings. The van der Waals surface area contributed by atoms with Gasteiger partial charge in [0.1, 0.15) is 17.8 Å². The van der Waals surface area contributed by atoms with Crippen LogP contribution in [0.3, 0.4) is 0 Å². The monoisotopic (exact) mass is 266 g/mol. The number of hydrogen-bond donors (Lipinski definition) is 0. The van der Waals surface area contributed by atoms with Crippen LogP contribution in [0.4, 0.5) is 13.2 Å². The molecule has 0 fully saturated rings. The highest BCUT2D eigenvalue weighted by atomic mass is 19.4. The molecule has 0 spiro atoms. The van der Waals surface area contributed by atoms with Crippen molar-refractivity contribution in [2.24, 2.45) is 0 Å². The third-order valence-corrected chi connectivity index (χ3v) is 2.41. The fraction of sp³-hybridized carbons (Fsp3) is 0.0714. The van der Waals surface area contributed by atoms with Crippen LogP contribution in [0.5, 0.6) is 11.5 Å². The van der Waals surface area contributed by atoms with E-state index in [9.17, 15) is 18.0 Å². The molecular formula is C14H9F3O2. The summed E-state index contributed by atoms with van der Waals surface area (Å²) in [4.78, 5) is 10.5. The maximum atomic E-state index is 12.5. The van der Waals surface area contributed by atoms with Crippen LogP contribution in [-0.4, -0.2) is 6.29 Å². The molecule has 0 saturated carbocycles. The predicted octanol–water partition coefficient (Wildman–Crippen LogP) is 4.31. The molecule has 2 aromatic carbocycles. The van der Waals surface area contributed by atoms with Crippen LogP contribution in [0.1, 0.15) is 15.9 Å². The lowest BCUT2D eigenvalue weighted by atomic mass is 10.2. The molecule has 0 radical (unpaired) electrons. The highest BCUT2D eigenvalue weighted by molar-refractivity contribution is 5.74. The van der Waals surface area contributed by atoms with E-state index in [2.05, 4.69) is 0 Å². The minimum atomic E-state index is -4.40. The fourth-order valence-electron chi connectivity index (χ4n) is 1.49. The second-order valence-electron chi connectivity index (χ2n) is 3.81. The van der Waals surface area contributed by atoms with Gasteiger partial charge in [-0.3, -0.25) is 4.79 Å². The van der Waals surface area contributed by atoms with Crippen LogP contribution >= 0.6 is 0 Å². The Labute approximate surface area is 107 Å². The second-order valence-corrected chi connectivity index (χ2v) is 3.81. The smallest absolute Gasteiger partial charge is 0.416 e. The summed E-state index contributed by atoms with van der Waals surface area (Å²) in [5, 5.41) is 0. The molecule has 0 N–H and O–H groups in total. The number of rotatable bonds is 3. The lowest BCUT2D eigenvalue weighted by Gasteiger charge is -2.10. The van der Waals surface area contributed by atoms with E-state index in [1.807, 2.05) is 0 Å². The summed E-state index contributed by atoms with van der Waals surface area (Å²) in [6.07, 6.45) is -3.73. The molecular weight excluding hydrogens is 257 g/mol. The molecule has 98 valence electrons. The Morgan fingerprint density at radius 3 is 2.21 bits per heavy atom. The zero-order chi connectivity index (χ0) is 13.9. The SMILES string of the molecule is O=Cc1ccc(Oc2cccc(C(F)(F)F)c2)cc1. The van der Waals surface area contributed by atoms with Gasteiger partial charge in [-0.25, -0.2) is 0 Å². The minimum absolute atomic E-state index is 0.0914. The highest BCUT2D eigenvalue weighted by Crippen LogP contribution is 2.32. The topological polar surface area (TPSA) is 26.3 Å². The first kappa shape index (κ1) is 13.1. The lowest BCUT2D eigenvalue weighted by molar-refractivity contribution is -0.137. The quantitative estimate of drug-likeness (QED) is 0.774. The van der Waals surface area contributed by atoms with Gasteiger partial charge in [-0.2, -0.15) is 13.2 Å². The van der Waals surface area contributed by atoms with Crippen molar-refractivity contribution in [2.75, 3.05) is 0 Å². The Balaban J connectivity index is 2.20. The van der Waals surface area contributed by atoms with Crippen LogP contribution in [0.15, 0.2) is 48.5 Å². The largest absolute Gasteiger partial charge is 0.457 e. The van der Waals surface area contributed by atoms with Crippen molar-refractivity contribution < 1.29 is 22.7 Å². The second kappa shape index (κ2) is 5.14. The maximum Gasteiger partial charge on any atom is 0.416 e. The van der Waals surface area contributed by atoms with Gasteiger partial charge < -0.3 is 4.74 Å². The summed E-state index contributed by atoms with van der Waals surface area (Å²) < 4.78 is 42.8. The summed E-state index contributed by atoms with van der Waals surface area (Å²) in [7, 11) is 0. The molecule has 19 heavy (non-hydrogen) atoms. The third kappa shape index (κ3) is 3.34. The van der Waals surface area contributed by atoms with Gasteiger partial charge in [0, 0.05) is 5.56 Å². The third-order valence-electron chi connectivity index (χ3n) is 2.41. The molecule has 0 saturated heterocycles. The van der Waals surface area contributed by atoms with Crippen LogP contribution < -0.4 is 4.74 Å². The zero-order valence-electron chi connectivity index (χ0n) is 9.65. The van der Waals surface area contributed by atoms with Crippen LogP contribution in [0, 0.1) is 0 Å². The van der Waals surface area contributed by atoms with E-state index in [1.165, 1.54) is 36.4 Å². The Bertz CT molecular complexity index is 574. The average Bonchev–Trinajstić information content (AvgIpc) is 2.39. The highest BCUT2D eigenvalue weighted by Gasteiger charge is 2.30. The predicted molar refractivity (Wildman–Crippen MR) is 63.3 cm³/mol. The van der Waals surface area contributed by atoms with E-state index < -0.39 is 11.7 Å². The Morgan fingerprint density at radius 1 is 0.947 bits per heavy atom. The van der Waals surface area contributed by atoms with Crippen molar-refractivity contribution in [2.45, 2.75) is 6.18 Å². The molecule has 0 unspecified atom stereocenters. The molecule has 0 bridgehead atoms. The van der Waals surface area contributed by atoms with E-state index >= 15 is 0 Å². The van der Waals surface area contributed by atoms with Gasteiger partial charge in [-0.15, -0.1) is 0 Å². The number of ether oxygens (including phenoxy) is 1. The fourth-order valence-corrected chi connectivity index (χ4v) is 1.49. The number of hydrogen-bond acceptors (Lipinski definition) is 2. The van der Waals surface area contributed by atoms with E-state index in [4.69, 9.17) is 4.74 Å². The Morgan fingerprint density at radius 2 is 1.63 bits per heavy atom. The first-order valence-corrected chi connectivity index (χ1v) is 5.39. The van der Waals surface area contributed by atoms with Gasteiger partial charge in [0.2, 0.25) is 0 Å². The van der Waals surface area contributed by atoms with Gasteiger partial charge in [0.15, 0.2) is 0 Å². The number of carbonyl (C=O) groups is 1. The van der Waals surface area contributed by atoms with Gasteiger partial charge >= 0.3 is 6.18 Å². The summed E-state index contributed by atoms with van der Waals surface area (Å²) >= 11 is 0. The number of alkyl halides is 3. The zero-order valence-corrected chi connectivity index (χ0v) is 9.65. The van der Waals surface area contributed by atoms with Crippen LogP contribution in [0.25, 0.3) is 0 Å². The molecule has 0 heterocycles. The maximum absolute atomic E-state index is 12.5. The standard InChI is InChI=1S/C14H9F3O2/c15-14(16,17)11-2-1-3-13(8-11)19-12-6-4-10(9-18)5-7-12/h1-9H. The number of halogens is 3. The van der Waals surface area contributed by atoms with Crippen LogP contribution in [-0.2, 0) is 6.18 Å². The molecule has 0 aliphatic rings. The molecule has 0 aliphatic heterocycles. The molecule has 2 rings (SSSR count). The van der Waals surface area contributed by atoms with Crippen LogP contribution in [0.2, 0.25) is 0 Å². The number of benzene rings is 2. The van der Waals surface area contributed by atoms with Crippen molar-refractivity contribution in [3.8, 4) is 11.5 Å². The van der Waals surface area contributed by atoms with Gasteiger partial charge in [0.25, 0.3) is 0 Å². The van der Waals surface area contributed by atoms with Crippen molar-refractivity contribution in [1.82, 2.24) is 0 Å². The van der Waals surface area contributed by atoms with Gasteiger partial charge in [0.05, 0.1) is 5.56 Å². The molecule has 0 amide bonds. The van der Waals surface area contributed by atoms with E-state index in [0.717, 1.165) is 12.1 Å². The Hall–Kier alpha value is -2.30. The van der Waals surface area contributed by atoms with Gasteiger partial charge in [-0.05, 0) is 42.5 Å². The molecule has 0 atom stereocenters. The van der Waals surface area contributed by atoms with Crippen molar-refractivity contribution in [3.63, 3.8) is 0 Å². The van der Waals surface area contributed by atoms with E-state index in [0.29, 0.717) is 17.6 Å². The lowest BCUT2D eigenvalue weighted by Crippen LogP contribution is -2.04. The average molecular weight is 266 g/mol. The number of carbonyl (C=O) groups excluding carboxylic acids is 1. The summed E-state index contributed by atoms with van der Waals surface area (Å²) in [5.74, 6) is 0.457. The van der Waals surface area contributed by atoms with Crippen molar-refractivity contribution in [3.05, 3.63) is 59.7 Å². The summed E-state index contributed by atoms with van der Waals surface area (Å²) in [6.45, 7) is 0. The molecule has 2 nitrogen and oxygen atoms in total. The van der Waals surface area contributed by atoms with E-state index in [-0.39, 0.29) is 5.75 Å². The molecule has 5 heteroatoms. The Kier molecular flexibility index (Phi) is 3.55. The summed E-state index contributed by atoms with van der Waals surface area (Å²) in [6, 6.07) is 10.7. The first-order valence-electron chi connectivity index (χ1n) is 5.39. The number of aldehydes is 1. The molecule has 0 aliphatic carbocycles. The normalized spacial score (nSPS) is 11.1. The van der Waals surface area contributed by atoms with Gasteiger partial charge in [-0.1, -0.05) is 6.07 Å².